The van der Waals surface area contributed by atoms with Crippen molar-refractivity contribution in [3.05, 3.63) is 34.3 Å². The zero-order chi connectivity index (χ0) is 15.0. The molecule has 1 aromatic carbocycles. The van der Waals surface area contributed by atoms with E-state index in [2.05, 4.69) is 10.3 Å². The highest BCUT2D eigenvalue weighted by atomic mass is 16.5. The topological polar surface area (TPSA) is 84.3 Å². The molecule has 1 fully saturated rings. The molecule has 1 aliphatic heterocycles. The van der Waals surface area contributed by atoms with Gasteiger partial charge in [-0.2, -0.15) is 0 Å². The molecule has 6 nitrogen and oxygen atoms in total. The van der Waals surface area contributed by atoms with Gasteiger partial charge in [-0.05, 0) is 38.8 Å². The minimum Gasteiger partial charge on any atom is -0.408 e. The van der Waals surface area contributed by atoms with Crippen LogP contribution in [0, 0.1) is 0 Å². The Morgan fingerprint density at radius 2 is 2.24 bits per heavy atom. The Morgan fingerprint density at radius 1 is 1.43 bits per heavy atom. The van der Waals surface area contributed by atoms with Crippen LogP contribution in [0.2, 0.25) is 0 Å². The van der Waals surface area contributed by atoms with E-state index in [4.69, 9.17) is 9.15 Å². The molecule has 3 rings (SSSR count). The molecule has 2 heterocycles. The maximum absolute atomic E-state index is 12.4. The summed E-state index contributed by atoms with van der Waals surface area (Å²) in [5.74, 6) is -0.766. The number of hydrogen-bond acceptors (Lipinski definition) is 4. The van der Waals surface area contributed by atoms with E-state index in [1.165, 1.54) is 0 Å². The molecule has 6 heteroatoms. The summed E-state index contributed by atoms with van der Waals surface area (Å²) in [5.41, 5.74) is 1.01. The molecule has 1 atom stereocenters. The molecule has 1 saturated heterocycles. The molecule has 0 aliphatic carbocycles. The van der Waals surface area contributed by atoms with Gasteiger partial charge in [-0.15, -0.1) is 0 Å². The minimum atomic E-state index is -0.558. The van der Waals surface area contributed by atoms with E-state index in [1.54, 1.807) is 18.2 Å². The minimum absolute atomic E-state index is 0.0649. The summed E-state index contributed by atoms with van der Waals surface area (Å²) >= 11 is 0. The Labute approximate surface area is 121 Å². The lowest BCUT2D eigenvalue weighted by molar-refractivity contribution is -0.0615. The van der Waals surface area contributed by atoms with E-state index < -0.39 is 5.76 Å². The number of benzene rings is 1. The van der Waals surface area contributed by atoms with Gasteiger partial charge in [-0.3, -0.25) is 9.78 Å². The number of aromatic nitrogens is 1. The number of carbonyl (C=O) groups is 1. The van der Waals surface area contributed by atoms with Crippen molar-refractivity contribution in [3.8, 4) is 0 Å². The Morgan fingerprint density at radius 3 is 3.00 bits per heavy atom. The first-order valence-corrected chi connectivity index (χ1v) is 7.01. The zero-order valence-corrected chi connectivity index (χ0v) is 12.1. The highest BCUT2D eigenvalue weighted by Gasteiger charge is 2.30. The molecule has 0 unspecified atom stereocenters. The summed E-state index contributed by atoms with van der Waals surface area (Å²) in [6.07, 6.45) is 1.55. The summed E-state index contributed by atoms with van der Waals surface area (Å²) in [5, 5.41) is 3.01. The summed E-state index contributed by atoms with van der Waals surface area (Å²) in [4.78, 5) is 26.3. The van der Waals surface area contributed by atoms with Crippen LogP contribution in [0.25, 0.3) is 11.1 Å². The quantitative estimate of drug-likeness (QED) is 0.883. The van der Waals surface area contributed by atoms with Gasteiger partial charge < -0.3 is 14.5 Å². The van der Waals surface area contributed by atoms with Crippen LogP contribution in [0.3, 0.4) is 0 Å². The lowest BCUT2D eigenvalue weighted by Crippen LogP contribution is -2.45. The molecule has 2 N–H and O–H groups in total. The fourth-order valence-electron chi connectivity index (χ4n) is 2.78. The van der Waals surface area contributed by atoms with Crippen LogP contribution in [-0.2, 0) is 4.74 Å². The highest BCUT2D eigenvalue weighted by molar-refractivity contribution is 6.04. The Hall–Kier alpha value is -2.08. The van der Waals surface area contributed by atoms with Crippen molar-refractivity contribution in [1.82, 2.24) is 10.3 Å². The zero-order valence-electron chi connectivity index (χ0n) is 12.1. The molecule has 0 spiro atoms. The van der Waals surface area contributed by atoms with Gasteiger partial charge in [-0.1, -0.05) is 6.07 Å². The third-order valence-corrected chi connectivity index (χ3v) is 3.73. The van der Waals surface area contributed by atoms with E-state index in [0.717, 1.165) is 12.8 Å². The van der Waals surface area contributed by atoms with Crippen molar-refractivity contribution in [2.24, 2.45) is 0 Å². The summed E-state index contributed by atoms with van der Waals surface area (Å²) in [7, 11) is 0. The molecular weight excluding hydrogens is 272 g/mol. The fraction of sp³-hybridized carbons (Fsp3) is 0.467. The van der Waals surface area contributed by atoms with E-state index in [-0.39, 0.29) is 17.6 Å². The lowest BCUT2D eigenvalue weighted by Gasteiger charge is -2.35. The van der Waals surface area contributed by atoms with Gasteiger partial charge in [0.05, 0.1) is 16.7 Å². The van der Waals surface area contributed by atoms with Crippen molar-refractivity contribution in [3.63, 3.8) is 0 Å². The molecule has 1 aliphatic rings. The second kappa shape index (κ2) is 5.04. The second-order valence-electron chi connectivity index (χ2n) is 5.96. The first kappa shape index (κ1) is 13.9. The Bertz CT molecular complexity index is 729. The van der Waals surface area contributed by atoms with Gasteiger partial charge in [0.2, 0.25) is 0 Å². The molecule has 0 bridgehead atoms. The number of para-hydroxylation sites is 1. The predicted octanol–water partition coefficient (Wildman–Crippen LogP) is 1.81. The first-order chi connectivity index (χ1) is 9.94. The van der Waals surface area contributed by atoms with Gasteiger partial charge in [0.15, 0.2) is 5.58 Å². The van der Waals surface area contributed by atoms with Gasteiger partial charge in [-0.25, -0.2) is 4.79 Å². The summed E-state index contributed by atoms with van der Waals surface area (Å²) in [6.45, 7) is 4.66. The van der Waals surface area contributed by atoms with Crippen molar-refractivity contribution in [1.29, 1.82) is 0 Å². The Balaban J connectivity index is 1.82. The largest absolute Gasteiger partial charge is 0.417 e. The van der Waals surface area contributed by atoms with E-state index in [0.29, 0.717) is 23.3 Å². The van der Waals surface area contributed by atoms with Crippen LogP contribution in [0.1, 0.15) is 37.0 Å². The van der Waals surface area contributed by atoms with Gasteiger partial charge in [0, 0.05) is 12.6 Å². The van der Waals surface area contributed by atoms with E-state index in [1.807, 2.05) is 13.8 Å². The van der Waals surface area contributed by atoms with Crippen LogP contribution in [0.4, 0.5) is 0 Å². The van der Waals surface area contributed by atoms with Crippen molar-refractivity contribution in [2.45, 2.75) is 38.3 Å². The number of fused-ring (bicyclic) bond motifs is 1. The predicted molar refractivity (Wildman–Crippen MR) is 77.4 cm³/mol. The Kier molecular flexibility index (Phi) is 3.33. The van der Waals surface area contributed by atoms with Gasteiger partial charge in [0.25, 0.3) is 5.91 Å². The molecule has 0 radical (unpaired) electrons. The van der Waals surface area contributed by atoms with Crippen LogP contribution in [0.5, 0.6) is 0 Å². The van der Waals surface area contributed by atoms with Crippen molar-refractivity contribution in [2.75, 3.05) is 6.61 Å². The molecule has 1 amide bonds. The second-order valence-corrected chi connectivity index (χ2v) is 5.96. The molecule has 0 saturated carbocycles. The number of rotatable bonds is 2. The molecule has 21 heavy (non-hydrogen) atoms. The summed E-state index contributed by atoms with van der Waals surface area (Å²) < 4.78 is 10.6. The lowest BCUT2D eigenvalue weighted by atomic mass is 9.93. The first-order valence-electron chi connectivity index (χ1n) is 7.01. The smallest absolute Gasteiger partial charge is 0.408 e. The van der Waals surface area contributed by atoms with Crippen LogP contribution < -0.4 is 11.1 Å². The average molecular weight is 290 g/mol. The number of carbonyl (C=O) groups excluding carboxylic acids is 1. The third-order valence-electron chi connectivity index (χ3n) is 3.73. The van der Waals surface area contributed by atoms with Crippen molar-refractivity contribution >= 4 is 17.0 Å². The molecule has 1 aromatic heterocycles. The highest BCUT2D eigenvalue weighted by Crippen LogP contribution is 2.24. The maximum Gasteiger partial charge on any atom is 0.417 e. The number of hydrogen-bond donors (Lipinski definition) is 2. The third kappa shape index (κ3) is 2.85. The number of ether oxygens (including phenoxy) is 1. The number of H-pyrrole nitrogens is 1. The molecular formula is C15H18N2O4. The summed E-state index contributed by atoms with van der Waals surface area (Å²) in [6, 6.07) is 5.09. The molecule has 2 aromatic rings. The van der Waals surface area contributed by atoms with Gasteiger partial charge >= 0.3 is 5.76 Å². The SMILES string of the molecule is CC1(C)C[C@H](NC(=O)c2cccc3oc(=O)[nH]c23)CCO1. The normalized spacial score (nSPS) is 21.3. The van der Waals surface area contributed by atoms with Crippen LogP contribution in [-0.4, -0.2) is 29.1 Å². The van der Waals surface area contributed by atoms with E-state index >= 15 is 0 Å². The number of aromatic amines is 1. The van der Waals surface area contributed by atoms with Crippen LogP contribution >= 0.6 is 0 Å². The van der Waals surface area contributed by atoms with Crippen LogP contribution in [0.15, 0.2) is 27.4 Å². The fourth-order valence-corrected chi connectivity index (χ4v) is 2.78. The number of amides is 1. The van der Waals surface area contributed by atoms with E-state index in [9.17, 15) is 9.59 Å². The number of nitrogens with one attached hydrogen (secondary N) is 2. The molecule has 112 valence electrons. The number of oxazole rings is 1. The monoisotopic (exact) mass is 290 g/mol. The van der Waals surface area contributed by atoms with Gasteiger partial charge in [0.1, 0.15) is 0 Å². The maximum atomic E-state index is 12.4. The van der Waals surface area contributed by atoms with Crippen molar-refractivity contribution < 1.29 is 13.9 Å². The standard InChI is InChI=1S/C15H18N2O4/c1-15(2)8-9(6-7-20-15)16-13(18)10-4-3-5-11-12(10)17-14(19)21-11/h3-5,9H,6-8H2,1-2H3,(H,16,18)(H,17,19)/t9-/m1/s1. The average Bonchev–Trinajstić information content (AvgIpc) is 2.77.